The monoisotopic (exact) mass is 309 g/mol. The first-order valence-corrected chi connectivity index (χ1v) is 7.83. The Morgan fingerprint density at radius 1 is 1.13 bits per heavy atom. The van der Waals surface area contributed by atoms with Gasteiger partial charge in [-0.05, 0) is 37.0 Å². The molecule has 2 aromatic carbocycles. The first kappa shape index (κ1) is 16.8. The smallest absolute Gasteiger partial charge is 0.407 e. The summed E-state index contributed by atoms with van der Waals surface area (Å²) in [6, 6.07) is 16.0. The second-order valence-electron chi connectivity index (χ2n) is 5.54. The van der Waals surface area contributed by atoms with Crippen LogP contribution in [-0.2, 0) is 11.3 Å². The van der Waals surface area contributed by atoms with Gasteiger partial charge < -0.3 is 10.1 Å². The molecule has 0 bridgehead atoms. The highest BCUT2D eigenvalue weighted by atomic mass is 16.5. The van der Waals surface area contributed by atoms with Crippen LogP contribution >= 0.6 is 0 Å². The van der Waals surface area contributed by atoms with Gasteiger partial charge in [0.05, 0.1) is 0 Å². The average molecular weight is 309 g/mol. The van der Waals surface area contributed by atoms with Crippen LogP contribution in [0.3, 0.4) is 0 Å². The molecule has 1 N–H and O–H groups in total. The molecule has 1 amide bonds. The van der Waals surface area contributed by atoms with E-state index in [1.54, 1.807) is 0 Å². The van der Waals surface area contributed by atoms with Crippen LogP contribution in [0, 0.1) is 13.8 Å². The van der Waals surface area contributed by atoms with E-state index in [-0.39, 0.29) is 6.09 Å². The Labute approximate surface area is 138 Å². The highest BCUT2D eigenvalue weighted by Gasteiger charge is 2.00. The summed E-state index contributed by atoms with van der Waals surface area (Å²) in [6.45, 7) is 5.04. The van der Waals surface area contributed by atoms with E-state index in [1.807, 2.05) is 30.3 Å². The number of ether oxygens (including phenoxy) is 1. The van der Waals surface area contributed by atoms with Crippen molar-refractivity contribution in [2.75, 3.05) is 6.54 Å². The van der Waals surface area contributed by atoms with Crippen molar-refractivity contribution < 1.29 is 9.53 Å². The van der Waals surface area contributed by atoms with E-state index < -0.39 is 0 Å². The minimum atomic E-state index is -0.381. The van der Waals surface area contributed by atoms with Gasteiger partial charge in [0.1, 0.15) is 6.61 Å². The number of hydrogen-bond donors (Lipinski definition) is 1. The summed E-state index contributed by atoms with van der Waals surface area (Å²) in [7, 11) is 0. The van der Waals surface area contributed by atoms with Crippen molar-refractivity contribution in [3.8, 4) is 0 Å². The van der Waals surface area contributed by atoms with Gasteiger partial charge in [-0.1, -0.05) is 66.2 Å². The molecular formula is C20H23NO2. The van der Waals surface area contributed by atoms with Crippen molar-refractivity contribution >= 4 is 12.2 Å². The number of amides is 1. The molecule has 3 nitrogen and oxygen atoms in total. The van der Waals surface area contributed by atoms with Crippen molar-refractivity contribution in [3.05, 3.63) is 76.9 Å². The summed E-state index contributed by atoms with van der Waals surface area (Å²) >= 11 is 0. The molecule has 0 aliphatic heterocycles. The van der Waals surface area contributed by atoms with Gasteiger partial charge in [-0.2, -0.15) is 0 Å². The van der Waals surface area contributed by atoms with Crippen LogP contribution < -0.4 is 5.32 Å². The number of alkyl carbamates (subject to hydrolysis) is 1. The molecule has 0 spiro atoms. The maximum atomic E-state index is 11.6. The van der Waals surface area contributed by atoms with Crippen molar-refractivity contribution in [2.45, 2.75) is 26.9 Å². The second kappa shape index (κ2) is 8.79. The van der Waals surface area contributed by atoms with Crippen LogP contribution in [0.1, 0.15) is 28.7 Å². The number of nitrogens with one attached hydrogen (secondary N) is 1. The largest absolute Gasteiger partial charge is 0.445 e. The molecule has 2 aromatic rings. The lowest BCUT2D eigenvalue weighted by Crippen LogP contribution is -2.24. The topological polar surface area (TPSA) is 38.3 Å². The zero-order chi connectivity index (χ0) is 16.5. The van der Waals surface area contributed by atoms with E-state index in [0.717, 1.165) is 12.0 Å². The molecule has 0 aliphatic rings. The van der Waals surface area contributed by atoms with Gasteiger partial charge in [0.2, 0.25) is 0 Å². The third-order valence-electron chi connectivity index (χ3n) is 3.53. The zero-order valence-corrected chi connectivity index (χ0v) is 13.7. The summed E-state index contributed by atoms with van der Waals surface area (Å²) in [5, 5.41) is 2.75. The Kier molecular flexibility index (Phi) is 6.42. The lowest BCUT2D eigenvalue weighted by atomic mass is 10.1. The highest BCUT2D eigenvalue weighted by molar-refractivity contribution is 5.67. The molecule has 120 valence electrons. The minimum Gasteiger partial charge on any atom is -0.445 e. The predicted octanol–water partition coefficient (Wildman–Crippen LogP) is 4.63. The predicted molar refractivity (Wildman–Crippen MR) is 94.2 cm³/mol. The average Bonchev–Trinajstić information content (AvgIpc) is 2.56. The summed E-state index contributed by atoms with van der Waals surface area (Å²) in [6.07, 6.45) is 4.56. The van der Waals surface area contributed by atoms with Gasteiger partial charge >= 0.3 is 6.09 Å². The van der Waals surface area contributed by atoms with Gasteiger partial charge in [-0.3, -0.25) is 0 Å². The summed E-state index contributed by atoms with van der Waals surface area (Å²) in [5.74, 6) is 0. The Hall–Kier alpha value is -2.55. The fourth-order valence-electron chi connectivity index (χ4n) is 2.18. The molecule has 0 aliphatic carbocycles. The fraction of sp³-hybridized carbons (Fsp3) is 0.250. The van der Waals surface area contributed by atoms with Crippen LogP contribution in [0.5, 0.6) is 0 Å². The summed E-state index contributed by atoms with van der Waals surface area (Å²) < 4.78 is 5.15. The van der Waals surface area contributed by atoms with Crippen molar-refractivity contribution in [1.29, 1.82) is 0 Å². The Bertz CT molecular complexity index is 663. The molecule has 0 saturated heterocycles. The lowest BCUT2D eigenvalue weighted by Gasteiger charge is -2.06. The Morgan fingerprint density at radius 3 is 2.70 bits per heavy atom. The maximum Gasteiger partial charge on any atom is 0.407 e. The first-order chi connectivity index (χ1) is 11.1. The van der Waals surface area contributed by atoms with E-state index in [9.17, 15) is 4.79 Å². The van der Waals surface area contributed by atoms with Crippen LogP contribution in [0.25, 0.3) is 6.08 Å². The molecule has 0 unspecified atom stereocenters. The van der Waals surface area contributed by atoms with E-state index in [0.29, 0.717) is 13.2 Å². The number of aryl methyl sites for hydroxylation is 2. The molecule has 23 heavy (non-hydrogen) atoms. The SMILES string of the molecule is Cc1ccc(C)c(C=CCCNC(=O)OCc2ccccc2)c1. The molecule has 0 radical (unpaired) electrons. The third kappa shape index (κ3) is 5.99. The Balaban J connectivity index is 1.67. The minimum absolute atomic E-state index is 0.297. The van der Waals surface area contributed by atoms with E-state index in [2.05, 4.69) is 49.5 Å². The normalized spacial score (nSPS) is 10.7. The van der Waals surface area contributed by atoms with Crippen LogP contribution in [0.4, 0.5) is 4.79 Å². The highest BCUT2D eigenvalue weighted by Crippen LogP contribution is 2.12. The van der Waals surface area contributed by atoms with Crippen molar-refractivity contribution in [1.82, 2.24) is 5.32 Å². The molecule has 0 atom stereocenters. The zero-order valence-electron chi connectivity index (χ0n) is 13.7. The fourth-order valence-corrected chi connectivity index (χ4v) is 2.18. The Morgan fingerprint density at radius 2 is 1.91 bits per heavy atom. The molecule has 0 heterocycles. The number of rotatable bonds is 6. The van der Waals surface area contributed by atoms with Gasteiger partial charge in [0, 0.05) is 6.54 Å². The molecule has 2 rings (SSSR count). The molecule has 3 heteroatoms. The molecule has 0 saturated carbocycles. The number of carbonyl (C=O) groups is 1. The van der Waals surface area contributed by atoms with Crippen molar-refractivity contribution in [3.63, 3.8) is 0 Å². The van der Waals surface area contributed by atoms with Crippen LogP contribution in [0.2, 0.25) is 0 Å². The van der Waals surface area contributed by atoms with Gasteiger partial charge in [-0.25, -0.2) is 4.79 Å². The van der Waals surface area contributed by atoms with E-state index >= 15 is 0 Å². The first-order valence-electron chi connectivity index (χ1n) is 7.83. The summed E-state index contributed by atoms with van der Waals surface area (Å²) in [4.78, 5) is 11.6. The van der Waals surface area contributed by atoms with E-state index in [4.69, 9.17) is 4.74 Å². The quantitative estimate of drug-likeness (QED) is 0.790. The lowest BCUT2D eigenvalue weighted by molar-refractivity contribution is 0.140. The summed E-state index contributed by atoms with van der Waals surface area (Å²) in [5.41, 5.74) is 4.70. The van der Waals surface area contributed by atoms with E-state index in [1.165, 1.54) is 16.7 Å². The van der Waals surface area contributed by atoms with Crippen molar-refractivity contribution in [2.24, 2.45) is 0 Å². The number of benzene rings is 2. The van der Waals surface area contributed by atoms with Gasteiger partial charge in [0.15, 0.2) is 0 Å². The van der Waals surface area contributed by atoms with Crippen LogP contribution in [0.15, 0.2) is 54.6 Å². The number of carbonyl (C=O) groups excluding carboxylic acids is 1. The van der Waals surface area contributed by atoms with Gasteiger partial charge in [-0.15, -0.1) is 0 Å². The molecular weight excluding hydrogens is 286 g/mol. The second-order valence-corrected chi connectivity index (χ2v) is 5.54. The third-order valence-corrected chi connectivity index (χ3v) is 3.53. The maximum absolute atomic E-state index is 11.6. The number of hydrogen-bond acceptors (Lipinski definition) is 2. The molecule has 0 fully saturated rings. The van der Waals surface area contributed by atoms with Gasteiger partial charge in [0.25, 0.3) is 0 Å². The molecule has 0 aromatic heterocycles. The van der Waals surface area contributed by atoms with Crippen LogP contribution in [-0.4, -0.2) is 12.6 Å². The standard InChI is InChI=1S/C20H23NO2/c1-16-11-12-17(2)19(14-16)10-6-7-13-21-20(22)23-15-18-8-4-3-5-9-18/h3-6,8-12,14H,7,13,15H2,1-2H3,(H,21,22).